The summed E-state index contributed by atoms with van der Waals surface area (Å²) < 4.78 is 0. The molecule has 0 atom stereocenters. The Balaban J connectivity index is 2.60. The molecule has 0 aromatic carbocycles. The number of nitrogens with zero attached hydrogens (tertiary/aromatic N) is 2. The van der Waals surface area contributed by atoms with E-state index in [0.717, 1.165) is 26.0 Å². The highest BCUT2D eigenvalue weighted by Gasteiger charge is 2.06. The van der Waals surface area contributed by atoms with E-state index >= 15 is 0 Å². The van der Waals surface area contributed by atoms with Crippen molar-refractivity contribution in [1.82, 2.24) is 9.97 Å². The van der Waals surface area contributed by atoms with Gasteiger partial charge in [-0.05, 0) is 11.8 Å². The number of aromatic nitrogens is 2. The third-order valence-corrected chi connectivity index (χ3v) is 3.35. The van der Waals surface area contributed by atoms with Gasteiger partial charge in [-0.15, -0.1) is 11.8 Å². The second-order valence-electron chi connectivity index (χ2n) is 2.48. The molecule has 0 aliphatic carbocycles. The first kappa shape index (κ1) is 8.77. The van der Waals surface area contributed by atoms with Crippen molar-refractivity contribution >= 4 is 38.3 Å². The minimum absolute atomic E-state index is 0.799. The lowest BCUT2D eigenvalue weighted by Gasteiger charge is -1.96. The lowest BCUT2D eigenvalue weighted by molar-refractivity contribution is 1.11. The maximum Gasteiger partial charge on any atom is 0.129 e. The van der Waals surface area contributed by atoms with Crippen LogP contribution in [0.3, 0.4) is 0 Å². The predicted molar refractivity (Wildman–Crippen MR) is 58.2 cm³/mol. The third kappa shape index (κ3) is 1.62. The van der Waals surface area contributed by atoms with Crippen LogP contribution >= 0.6 is 23.1 Å². The average molecular weight is 211 g/mol. The molecule has 0 unspecified atom stereocenters. The van der Waals surface area contributed by atoms with Crippen molar-refractivity contribution in [1.29, 1.82) is 0 Å². The molecule has 0 radical (unpaired) electrons. The SMILES string of the molecule is CCSc1ncnc2sc(N)cc12. The summed E-state index contributed by atoms with van der Waals surface area (Å²) >= 11 is 3.22. The third-order valence-electron chi connectivity index (χ3n) is 1.59. The molecular formula is C8H9N3S2. The molecular weight excluding hydrogens is 202 g/mol. The Morgan fingerprint density at radius 2 is 2.38 bits per heavy atom. The molecule has 13 heavy (non-hydrogen) atoms. The van der Waals surface area contributed by atoms with E-state index in [1.165, 1.54) is 11.3 Å². The van der Waals surface area contributed by atoms with E-state index < -0.39 is 0 Å². The quantitative estimate of drug-likeness (QED) is 0.612. The summed E-state index contributed by atoms with van der Waals surface area (Å²) in [6.07, 6.45) is 1.59. The maximum atomic E-state index is 5.70. The van der Waals surface area contributed by atoms with E-state index in [1.54, 1.807) is 18.1 Å². The molecule has 68 valence electrons. The monoisotopic (exact) mass is 211 g/mol. The van der Waals surface area contributed by atoms with E-state index in [0.29, 0.717) is 0 Å². The van der Waals surface area contributed by atoms with Crippen molar-refractivity contribution in [2.24, 2.45) is 0 Å². The Hall–Kier alpha value is -0.810. The second kappa shape index (κ2) is 3.51. The van der Waals surface area contributed by atoms with Crippen LogP contribution in [0.1, 0.15) is 6.92 Å². The molecule has 2 heterocycles. The number of anilines is 1. The molecule has 2 rings (SSSR count). The summed E-state index contributed by atoms with van der Waals surface area (Å²) in [5.74, 6) is 1.02. The molecule has 5 heteroatoms. The summed E-state index contributed by atoms with van der Waals surface area (Å²) in [6, 6.07) is 1.94. The molecule has 0 fully saturated rings. The fraction of sp³-hybridized carbons (Fsp3) is 0.250. The highest BCUT2D eigenvalue weighted by molar-refractivity contribution is 7.99. The second-order valence-corrected chi connectivity index (χ2v) is 4.79. The molecule has 2 aromatic heterocycles. The van der Waals surface area contributed by atoms with Crippen LogP contribution in [0.2, 0.25) is 0 Å². The Labute approximate surface area is 84.4 Å². The average Bonchev–Trinajstić information content (AvgIpc) is 2.47. The minimum atomic E-state index is 0.799. The van der Waals surface area contributed by atoms with Gasteiger partial charge in [0.1, 0.15) is 16.2 Å². The maximum absolute atomic E-state index is 5.70. The van der Waals surface area contributed by atoms with Gasteiger partial charge in [0.15, 0.2) is 0 Å². The minimum Gasteiger partial charge on any atom is -0.391 e. The Bertz CT molecular complexity index is 424. The van der Waals surface area contributed by atoms with Gasteiger partial charge >= 0.3 is 0 Å². The lowest BCUT2D eigenvalue weighted by Crippen LogP contribution is -1.82. The highest BCUT2D eigenvalue weighted by Crippen LogP contribution is 2.31. The normalized spacial score (nSPS) is 10.8. The lowest BCUT2D eigenvalue weighted by atomic mass is 10.4. The zero-order valence-electron chi connectivity index (χ0n) is 7.15. The highest BCUT2D eigenvalue weighted by atomic mass is 32.2. The van der Waals surface area contributed by atoms with Gasteiger partial charge in [-0.1, -0.05) is 18.3 Å². The van der Waals surface area contributed by atoms with Crippen molar-refractivity contribution in [3.05, 3.63) is 12.4 Å². The van der Waals surface area contributed by atoms with Crippen molar-refractivity contribution < 1.29 is 0 Å². The van der Waals surface area contributed by atoms with Gasteiger partial charge in [0, 0.05) is 5.39 Å². The van der Waals surface area contributed by atoms with Crippen LogP contribution in [0.5, 0.6) is 0 Å². The standard InChI is InChI=1S/C8H9N3S2/c1-2-12-7-5-3-6(9)13-8(5)11-4-10-7/h3-4H,2,9H2,1H3. The van der Waals surface area contributed by atoms with Crippen LogP contribution in [0.15, 0.2) is 17.4 Å². The molecule has 0 aliphatic heterocycles. The topological polar surface area (TPSA) is 51.8 Å². The molecule has 0 saturated carbocycles. The van der Waals surface area contributed by atoms with Gasteiger partial charge in [-0.3, -0.25) is 0 Å². The van der Waals surface area contributed by atoms with Gasteiger partial charge in [-0.25, -0.2) is 9.97 Å². The van der Waals surface area contributed by atoms with Crippen LogP contribution < -0.4 is 5.73 Å². The summed E-state index contributed by atoms with van der Waals surface area (Å²) in [5.41, 5.74) is 5.70. The fourth-order valence-electron chi connectivity index (χ4n) is 1.10. The van der Waals surface area contributed by atoms with Crippen LogP contribution in [-0.4, -0.2) is 15.7 Å². The van der Waals surface area contributed by atoms with Crippen molar-refractivity contribution in [2.75, 3.05) is 11.5 Å². The van der Waals surface area contributed by atoms with Gasteiger partial charge < -0.3 is 5.73 Å². The van der Waals surface area contributed by atoms with E-state index in [2.05, 4.69) is 16.9 Å². The number of hydrogen-bond acceptors (Lipinski definition) is 5. The molecule has 0 bridgehead atoms. The largest absolute Gasteiger partial charge is 0.391 e. The zero-order chi connectivity index (χ0) is 9.26. The van der Waals surface area contributed by atoms with Crippen molar-refractivity contribution in [2.45, 2.75) is 11.9 Å². The number of rotatable bonds is 2. The summed E-state index contributed by atoms with van der Waals surface area (Å²) in [7, 11) is 0. The van der Waals surface area contributed by atoms with Gasteiger partial charge in [0.2, 0.25) is 0 Å². The molecule has 0 amide bonds. The van der Waals surface area contributed by atoms with E-state index in [9.17, 15) is 0 Å². The molecule has 2 N–H and O–H groups in total. The smallest absolute Gasteiger partial charge is 0.129 e. The number of nitrogens with two attached hydrogens (primary N) is 1. The molecule has 0 aliphatic rings. The Morgan fingerprint density at radius 1 is 1.54 bits per heavy atom. The van der Waals surface area contributed by atoms with E-state index in [4.69, 9.17) is 5.73 Å². The van der Waals surface area contributed by atoms with Gasteiger partial charge in [-0.2, -0.15) is 0 Å². The fourth-order valence-corrected chi connectivity index (χ4v) is 2.64. The number of hydrogen-bond donors (Lipinski definition) is 1. The number of fused-ring (bicyclic) bond motifs is 1. The van der Waals surface area contributed by atoms with Crippen LogP contribution in [0.4, 0.5) is 5.00 Å². The van der Waals surface area contributed by atoms with Gasteiger partial charge in [0.05, 0.1) is 5.00 Å². The Morgan fingerprint density at radius 3 is 3.15 bits per heavy atom. The first-order chi connectivity index (χ1) is 6.31. The van der Waals surface area contributed by atoms with E-state index in [-0.39, 0.29) is 0 Å². The van der Waals surface area contributed by atoms with Crippen molar-refractivity contribution in [3.63, 3.8) is 0 Å². The van der Waals surface area contributed by atoms with E-state index in [1.807, 2.05) is 6.07 Å². The first-order valence-electron chi connectivity index (χ1n) is 3.94. The van der Waals surface area contributed by atoms with Crippen LogP contribution in [0, 0.1) is 0 Å². The summed E-state index contributed by atoms with van der Waals surface area (Å²) in [4.78, 5) is 9.35. The first-order valence-corrected chi connectivity index (χ1v) is 5.74. The predicted octanol–water partition coefficient (Wildman–Crippen LogP) is 2.39. The molecule has 2 aromatic rings. The number of thiophene rings is 1. The molecule has 3 nitrogen and oxygen atoms in total. The number of thioether (sulfide) groups is 1. The summed E-state index contributed by atoms with van der Waals surface area (Å²) in [5, 5.41) is 2.91. The Kier molecular flexibility index (Phi) is 2.37. The summed E-state index contributed by atoms with van der Waals surface area (Å²) in [6.45, 7) is 2.11. The zero-order valence-corrected chi connectivity index (χ0v) is 8.78. The molecule has 0 saturated heterocycles. The van der Waals surface area contributed by atoms with Crippen LogP contribution in [0.25, 0.3) is 10.2 Å². The van der Waals surface area contributed by atoms with Crippen molar-refractivity contribution in [3.8, 4) is 0 Å². The molecule has 0 spiro atoms. The number of nitrogen functional groups attached to an aromatic ring is 1. The van der Waals surface area contributed by atoms with Crippen LogP contribution in [-0.2, 0) is 0 Å². The van der Waals surface area contributed by atoms with Gasteiger partial charge in [0.25, 0.3) is 0 Å².